The van der Waals surface area contributed by atoms with Gasteiger partial charge in [-0.15, -0.1) is 0 Å². The van der Waals surface area contributed by atoms with Crippen molar-refractivity contribution in [2.45, 2.75) is 78.4 Å². The zero-order valence-electron chi connectivity index (χ0n) is 22.8. The lowest BCUT2D eigenvalue weighted by atomic mass is 10.1. The van der Waals surface area contributed by atoms with Crippen molar-refractivity contribution in [1.29, 1.82) is 0 Å². The lowest BCUT2D eigenvalue weighted by molar-refractivity contribution is -0.141. The highest BCUT2D eigenvalue weighted by Gasteiger charge is 2.30. The Kier molecular flexibility index (Phi) is 12.4. The molecule has 1 N–H and O–H groups in total. The number of anilines is 1. The number of nitrogens with zero attached hydrogens (tertiary/aromatic N) is 2. The van der Waals surface area contributed by atoms with Crippen LogP contribution >= 0.6 is 23.2 Å². The van der Waals surface area contributed by atoms with Crippen molar-refractivity contribution < 1.29 is 18.0 Å². The second-order valence-corrected chi connectivity index (χ2v) is 12.1. The number of hydrogen-bond acceptors (Lipinski definition) is 4. The molecule has 38 heavy (non-hydrogen) atoms. The van der Waals surface area contributed by atoms with Crippen LogP contribution in [0.4, 0.5) is 5.69 Å². The molecule has 0 bridgehead atoms. The van der Waals surface area contributed by atoms with Gasteiger partial charge in [-0.2, -0.15) is 0 Å². The van der Waals surface area contributed by atoms with Crippen molar-refractivity contribution >= 4 is 50.7 Å². The maximum absolute atomic E-state index is 13.6. The molecule has 0 aliphatic carbocycles. The average Bonchev–Trinajstić information content (AvgIpc) is 2.87. The van der Waals surface area contributed by atoms with Gasteiger partial charge >= 0.3 is 0 Å². The molecule has 0 unspecified atom stereocenters. The molecule has 0 aromatic heterocycles. The van der Waals surface area contributed by atoms with Gasteiger partial charge in [0.25, 0.3) is 0 Å². The molecule has 0 aliphatic heterocycles. The quantitative estimate of drug-likeness (QED) is 0.303. The molecule has 10 heteroatoms. The van der Waals surface area contributed by atoms with Crippen molar-refractivity contribution in [2.24, 2.45) is 0 Å². The van der Waals surface area contributed by atoms with Crippen LogP contribution in [-0.4, -0.2) is 50.0 Å². The Hall–Kier alpha value is -2.29. The van der Waals surface area contributed by atoms with Crippen molar-refractivity contribution in [3.63, 3.8) is 0 Å². The highest BCUT2D eigenvalue weighted by Crippen LogP contribution is 2.28. The number of carbonyl (C=O) groups excluding carboxylic acids is 2. The van der Waals surface area contributed by atoms with Gasteiger partial charge in [-0.25, -0.2) is 8.42 Å². The first kappa shape index (κ1) is 31.9. The molecule has 7 nitrogen and oxygen atoms in total. The third-order valence-corrected chi connectivity index (χ3v) is 8.46. The van der Waals surface area contributed by atoms with Crippen molar-refractivity contribution in [1.82, 2.24) is 10.2 Å². The second kappa shape index (κ2) is 14.8. The highest BCUT2D eigenvalue weighted by atomic mass is 35.5. The number of carbonyl (C=O) groups is 2. The van der Waals surface area contributed by atoms with E-state index in [-0.39, 0.29) is 43.8 Å². The van der Waals surface area contributed by atoms with E-state index in [1.807, 2.05) is 39.8 Å². The number of amides is 2. The third kappa shape index (κ3) is 8.89. The molecule has 2 atom stereocenters. The van der Waals surface area contributed by atoms with E-state index in [0.29, 0.717) is 27.7 Å². The molecule has 2 aromatic carbocycles. The number of nitrogens with one attached hydrogen (secondary N) is 1. The van der Waals surface area contributed by atoms with Gasteiger partial charge in [0.2, 0.25) is 21.8 Å². The fourth-order valence-electron chi connectivity index (χ4n) is 4.12. The molecule has 0 saturated heterocycles. The minimum atomic E-state index is -3.56. The lowest BCUT2D eigenvalue weighted by Crippen LogP contribution is -2.50. The number of halogens is 2. The minimum Gasteiger partial charge on any atom is -0.352 e. The Bertz CT molecular complexity index is 1170. The Balaban J connectivity index is 2.27. The van der Waals surface area contributed by atoms with Gasteiger partial charge in [0.15, 0.2) is 0 Å². The van der Waals surface area contributed by atoms with Crippen LogP contribution in [0, 0.1) is 0 Å². The van der Waals surface area contributed by atoms with Crippen LogP contribution in [0.15, 0.2) is 42.5 Å². The molecule has 0 saturated carbocycles. The van der Waals surface area contributed by atoms with Gasteiger partial charge in [-0.1, -0.05) is 62.2 Å². The van der Waals surface area contributed by atoms with Gasteiger partial charge in [0.1, 0.15) is 6.04 Å². The number of hydrogen-bond donors (Lipinski definition) is 1. The topological polar surface area (TPSA) is 86.8 Å². The second-order valence-electron chi connectivity index (χ2n) is 9.42. The van der Waals surface area contributed by atoms with Gasteiger partial charge in [-0.05, 0) is 62.4 Å². The van der Waals surface area contributed by atoms with Gasteiger partial charge < -0.3 is 10.2 Å². The predicted octanol–water partition coefficient (Wildman–Crippen LogP) is 5.82. The van der Waals surface area contributed by atoms with Gasteiger partial charge in [0, 0.05) is 41.2 Å². The smallest absolute Gasteiger partial charge is 0.243 e. The number of benzene rings is 2. The molecule has 0 fully saturated rings. The van der Waals surface area contributed by atoms with Crippen LogP contribution in [0.2, 0.25) is 10.0 Å². The Morgan fingerprint density at radius 2 is 1.58 bits per heavy atom. The fourth-order valence-corrected chi connectivity index (χ4v) is 5.60. The molecule has 0 aliphatic rings. The number of rotatable bonds is 14. The van der Waals surface area contributed by atoms with E-state index in [2.05, 4.69) is 5.32 Å². The number of aryl methyl sites for hydroxylation is 1. The highest BCUT2D eigenvalue weighted by molar-refractivity contribution is 7.92. The summed E-state index contributed by atoms with van der Waals surface area (Å²) >= 11 is 12.8. The summed E-state index contributed by atoms with van der Waals surface area (Å²) in [6.45, 7) is 7.96. The zero-order valence-corrected chi connectivity index (χ0v) is 25.2. The first-order chi connectivity index (χ1) is 17.9. The standard InChI is InChI=1S/C28H39Cl2N3O4S/c1-6-20(4)31-28(35)26(8-3)32(19-23-24(29)11-9-12-25(23)30)27(34)13-10-18-33(38(5,36)37)22-16-14-21(7-2)15-17-22/h9,11-12,14-17,20,26H,6-8,10,13,18-19H2,1-5H3,(H,31,35)/t20-,26-/m0/s1. The van der Waals surface area contributed by atoms with E-state index in [4.69, 9.17) is 23.2 Å². The number of sulfonamides is 1. The Morgan fingerprint density at radius 1 is 0.974 bits per heavy atom. The summed E-state index contributed by atoms with van der Waals surface area (Å²) in [7, 11) is -3.56. The molecule has 2 rings (SSSR count). The molecule has 0 radical (unpaired) electrons. The minimum absolute atomic E-state index is 0.0418. The average molecular weight is 585 g/mol. The third-order valence-electron chi connectivity index (χ3n) is 6.56. The Labute approximate surface area is 237 Å². The maximum atomic E-state index is 13.6. The van der Waals surface area contributed by atoms with Crippen LogP contribution in [0.3, 0.4) is 0 Å². The largest absolute Gasteiger partial charge is 0.352 e. The van der Waals surface area contributed by atoms with Crippen LogP contribution in [-0.2, 0) is 32.6 Å². The molecular formula is C28H39Cl2N3O4S. The van der Waals surface area contributed by atoms with Crippen LogP contribution in [0.1, 0.15) is 64.5 Å². The van der Waals surface area contributed by atoms with Crippen molar-refractivity contribution in [3.05, 3.63) is 63.6 Å². The summed E-state index contributed by atoms with van der Waals surface area (Å²) in [5.74, 6) is -0.519. The van der Waals surface area contributed by atoms with Crippen LogP contribution < -0.4 is 9.62 Å². The van der Waals surface area contributed by atoms with E-state index >= 15 is 0 Å². The van der Waals surface area contributed by atoms with Crippen molar-refractivity contribution in [3.8, 4) is 0 Å². The summed E-state index contributed by atoms with van der Waals surface area (Å²) in [5.41, 5.74) is 2.22. The maximum Gasteiger partial charge on any atom is 0.243 e. The monoisotopic (exact) mass is 583 g/mol. The van der Waals surface area contributed by atoms with Crippen molar-refractivity contribution in [2.75, 3.05) is 17.1 Å². The summed E-state index contributed by atoms with van der Waals surface area (Å²) in [6, 6.07) is 11.7. The van der Waals surface area contributed by atoms with Crippen LogP contribution in [0.5, 0.6) is 0 Å². The summed E-state index contributed by atoms with van der Waals surface area (Å²) in [4.78, 5) is 28.2. The molecular weight excluding hydrogens is 545 g/mol. The molecule has 210 valence electrons. The molecule has 0 spiro atoms. The zero-order chi connectivity index (χ0) is 28.5. The van der Waals surface area contributed by atoms with E-state index in [1.54, 1.807) is 30.3 Å². The molecule has 2 aromatic rings. The summed E-state index contributed by atoms with van der Waals surface area (Å²) in [6.07, 6.45) is 3.48. The summed E-state index contributed by atoms with van der Waals surface area (Å²) in [5, 5.41) is 3.79. The predicted molar refractivity (Wildman–Crippen MR) is 156 cm³/mol. The normalized spacial score (nSPS) is 13.0. The van der Waals surface area contributed by atoms with E-state index in [1.165, 1.54) is 9.21 Å². The van der Waals surface area contributed by atoms with E-state index < -0.39 is 16.1 Å². The first-order valence-electron chi connectivity index (χ1n) is 13.0. The van der Waals surface area contributed by atoms with Crippen LogP contribution in [0.25, 0.3) is 0 Å². The van der Waals surface area contributed by atoms with Gasteiger partial charge in [-0.3, -0.25) is 13.9 Å². The molecule has 0 heterocycles. The SMILES string of the molecule is CCc1ccc(N(CCCC(=O)N(Cc2c(Cl)cccc2Cl)[C@@H](CC)C(=O)N[C@@H](C)CC)S(C)(=O)=O)cc1. The summed E-state index contributed by atoms with van der Waals surface area (Å²) < 4.78 is 26.4. The van der Waals surface area contributed by atoms with E-state index in [0.717, 1.165) is 24.7 Å². The Morgan fingerprint density at radius 3 is 2.08 bits per heavy atom. The molecule has 2 amide bonds. The van der Waals surface area contributed by atoms with E-state index in [9.17, 15) is 18.0 Å². The fraction of sp³-hybridized carbons (Fsp3) is 0.500. The lowest BCUT2D eigenvalue weighted by Gasteiger charge is -2.32. The first-order valence-corrected chi connectivity index (χ1v) is 15.6. The van der Waals surface area contributed by atoms with Gasteiger partial charge in [0.05, 0.1) is 11.9 Å².